The van der Waals surface area contributed by atoms with Crippen LogP contribution in [0.5, 0.6) is 0 Å². The van der Waals surface area contributed by atoms with E-state index in [9.17, 15) is 0 Å². The molecule has 0 atom stereocenters. The largest absolute Gasteiger partial charge is 0.454 e. The van der Waals surface area contributed by atoms with Crippen molar-refractivity contribution in [3.05, 3.63) is 192 Å². The van der Waals surface area contributed by atoms with Crippen LogP contribution in [0, 0.1) is 13.8 Å². The molecule has 0 saturated carbocycles. The normalized spacial score (nSPS) is 12.5. The lowest BCUT2D eigenvalue weighted by atomic mass is 9.86. The number of fused-ring (bicyclic) bond motifs is 6. The van der Waals surface area contributed by atoms with Crippen LogP contribution in [0.15, 0.2) is 179 Å². The topological polar surface area (TPSA) is 32.8 Å². The first-order chi connectivity index (χ1) is 31.9. The number of aryl methyl sites for hydroxylation is 2. The molecule has 4 nitrogen and oxygen atoms in total. The highest BCUT2D eigenvalue weighted by atomic mass is 16.3. The van der Waals surface area contributed by atoms with Crippen LogP contribution in [-0.4, -0.2) is 0 Å². The summed E-state index contributed by atoms with van der Waals surface area (Å²) >= 11 is 0. The molecular formula is C62H52N2O2. The monoisotopic (exact) mass is 856 g/mol. The van der Waals surface area contributed by atoms with E-state index in [0.29, 0.717) is 0 Å². The van der Waals surface area contributed by atoms with Gasteiger partial charge in [0.2, 0.25) is 0 Å². The number of furan rings is 2. The van der Waals surface area contributed by atoms with Gasteiger partial charge < -0.3 is 18.6 Å². The first kappa shape index (κ1) is 40.0. The van der Waals surface area contributed by atoms with E-state index in [1.54, 1.807) is 0 Å². The number of rotatable bonds is 6. The summed E-state index contributed by atoms with van der Waals surface area (Å²) in [6.07, 6.45) is 0. The fourth-order valence-corrected chi connectivity index (χ4v) is 10.7. The molecule has 0 aliphatic rings. The Balaban J connectivity index is 1.24. The molecule has 0 aliphatic carbocycles. The minimum Gasteiger partial charge on any atom is -0.454 e. The van der Waals surface area contributed by atoms with Gasteiger partial charge >= 0.3 is 0 Å². The van der Waals surface area contributed by atoms with Crippen LogP contribution >= 0.6 is 0 Å². The second kappa shape index (κ2) is 14.5. The van der Waals surface area contributed by atoms with Crippen LogP contribution in [0.1, 0.15) is 63.8 Å². The molecule has 0 amide bonds. The highest BCUT2D eigenvalue weighted by Crippen LogP contribution is 2.54. The third kappa shape index (κ3) is 5.97. The molecule has 0 unspecified atom stereocenters. The molecule has 12 aromatic rings. The fraction of sp³-hybridized carbons (Fsp3) is 0.161. The Kier molecular flexibility index (Phi) is 8.77. The molecule has 2 aromatic heterocycles. The molecule has 12 rings (SSSR count). The quantitative estimate of drug-likeness (QED) is 0.156. The maximum absolute atomic E-state index is 7.21. The second-order valence-electron chi connectivity index (χ2n) is 20.2. The molecule has 0 spiro atoms. The minimum absolute atomic E-state index is 0.111. The average molecular weight is 857 g/mol. The van der Waals surface area contributed by atoms with Gasteiger partial charge in [-0.25, -0.2) is 0 Å². The van der Waals surface area contributed by atoms with Crippen LogP contribution in [0.4, 0.5) is 34.1 Å². The van der Waals surface area contributed by atoms with Gasteiger partial charge in [-0.3, -0.25) is 0 Å². The van der Waals surface area contributed by atoms with Crippen LogP contribution in [-0.2, 0) is 10.8 Å². The molecular weight excluding hydrogens is 805 g/mol. The van der Waals surface area contributed by atoms with Gasteiger partial charge in [-0.1, -0.05) is 181 Å². The second-order valence-corrected chi connectivity index (χ2v) is 20.2. The summed E-state index contributed by atoms with van der Waals surface area (Å²) in [5.74, 6) is 0. The highest BCUT2D eigenvalue weighted by Gasteiger charge is 2.30. The van der Waals surface area contributed by atoms with Gasteiger partial charge in [0.25, 0.3) is 0 Å². The summed E-state index contributed by atoms with van der Waals surface area (Å²) < 4.78 is 14.4. The molecule has 66 heavy (non-hydrogen) atoms. The Bertz CT molecular complexity index is 3640. The average Bonchev–Trinajstić information content (AvgIpc) is 3.89. The van der Waals surface area contributed by atoms with Gasteiger partial charge in [0.05, 0.1) is 22.7 Å². The lowest BCUT2D eigenvalue weighted by Gasteiger charge is -2.33. The number of para-hydroxylation sites is 6. The molecule has 0 aliphatic heterocycles. The number of benzene rings is 10. The summed E-state index contributed by atoms with van der Waals surface area (Å²) in [5.41, 5.74) is 14.3. The van der Waals surface area contributed by atoms with Crippen molar-refractivity contribution in [2.75, 3.05) is 9.80 Å². The Morgan fingerprint density at radius 1 is 0.318 bits per heavy atom. The van der Waals surface area contributed by atoms with Crippen molar-refractivity contribution in [3.8, 4) is 0 Å². The van der Waals surface area contributed by atoms with E-state index in [2.05, 4.69) is 235 Å². The Morgan fingerprint density at radius 3 is 1.12 bits per heavy atom. The Morgan fingerprint density at radius 2 is 0.697 bits per heavy atom. The van der Waals surface area contributed by atoms with Crippen molar-refractivity contribution in [1.82, 2.24) is 0 Å². The Labute approximate surface area is 385 Å². The van der Waals surface area contributed by atoms with Crippen LogP contribution in [0.2, 0.25) is 0 Å². The summed E-state index contributed by atoms with van der Waals surface area (Å²) in [6, 6.07) is 62.2. The van der Waals surface area contributed by atoms with Gasteiger partial charge in [0, 0.05) is 60.2 Å². The SMILES string of the molecule is Cc1ccccc1N(c1cc(N(c2ccccc2C)c2cccc3c2oc2c(C(C)(C)C)cccc23)c2ccc3cccc4ccc1c2c43)c1cccc2c1oc1c(C(C)(C)C)cccc12. The van der Waals surface area contributed by atoms with Gasteiger partial charge in [-0.15, -0.1) is 0 Å². The van der Waals surface area contributed by atoms with Crippen LogP contribution in [0.25, 0.3) is 76.2 Å². The molecule has 4 heteroatoms. The Hall–Kier alpha value is -7.56. The predicted molar refractivity (Wildman–Crippen MR) is 281 cm³/mol. The molecule has 0 bridgehead atoms. The number of hydrogen-bond donors (Lipinski definition) is 0. The standard InChI is InChI=1S/C62H52N2O2/c1-37-18-9-11-28-49(37)63(51-30-16-24-43-41-22-14-26-47(61(3,4)5)57(41)65-59(43)51)53-36-54(46-35-33-40-21-13-20-39-32-34-45(53)56(46)55(39)40)64(50-29-12-10-19-38(50)2)52-31-17-25-44-42-23-15-27-48(62(6,7)8)58(42)66-60(44)52/h9-36H,1-8H3. The van der Waals surface area contributed by atoms with E-state index in [1.807, 2.05) is 0 Å². The zero-order valence-electron chi connectivity index (χ0n) is 38.9. The maximum atomic E-state index is 7.21. The summed E-state index contributed by atoms with van der Waals surface area (Å²) in [5, 5.41) is 11.6. The van der Waals surface area contributed by atoms with Gasteiger partial charge in [0.1, 0.15) is 11.2 Å². The van der Waals surface area contributed by atoms with Crippen molar-refractivity contribution in [2.24, 2.45) is 0 Å². The predicted octanol–water partition coefficient (Wildman–Crippen LogP) is 18.5. The molecule has 0 fully saturated rings. The molecule has 322 valence electrons. The van der Waals surface area contributed by atoms with Crippen molar-refractivity contribution in [1.29, 1.82) is 0 Å². The summed E-state index contributed by atoms with van der Waals surface area (Å²) in [4.78, 5) is 4.92. The van der Waals surface area contributed by atoms with Crippen molar-refractivity contribution in [3.63, 3.8) is 0 Å². The smallest absolute Gasteiger partial charge is 0.159 e. The number of nitrogens with zero attached hydrogens (tertiary/aromatic N) is 2. The first-order valence-corrected chi connectivity index (χ1v) is 23.2. The maximum Gasteiger partial charge on any atom is 0.159 e. The first-order valence-electron chi connectivity index (χ1n) is 23.2. The van der Waals surface area contributed by atoms with E-state index < -0.39 is 0 Å². The van der Waals surface area contributed by atoms with E-state index in [-0.39, 0.29) is 10.8 Å². The zero-order valence-corrected chi connectivity index (χ0v) is 38.9. The van der Waals surface area contributed by atoms with Crippen LogP contribution in [0.3, 0.4) is 0 Å². The van der Waals surface area contributed by atoms with Crippen LogP contribution < -0.4 is 9.80 Å². The zero-order chi connectivity index (χ0) is 45.2. The van der Waals surface area contributed by atoms with Crippen molar-refractivity contribution >= 4 is 110 Å². The van der Waals surface area contributed by atoms with Crippen molar-refractivity contribution in [2.45, 2.75) is 66.2 Å². The number of anilines is 6. The minimum atomic E-state index is -0.111. The van der Waals surface area contributed by atoms with E-state index in [1.165, 1.54) is 32.7 Å². The molecule has 0 saturated heterocycles. The van der Waals surface area contributed by atoms with E-state index >= 15 is 0 Å². The third-order valence-electron chi connectivity index (χ3n) is 13.9. The highest BCUT2D eigenvalue weighted by molar-refractivity contribution is 6.29. The number of hydrogen-bond acceptors (Lipinski definition) is 4. The molecule has 2 heterocycles. The lowest BCUT2D eigenvalue weighted by molar-refractivity contribution is 0.572. The molecule has 0 N–H and O–H groups in total. The van der Waals surface area contributed by atoms with Crippen molar-refractivity contribution < 1.29 is 8.83 Å². The molecule has 0 radical (unpaired) electrons. The van der Waals surface area contributed by atoms with Gasteiger partial charge in [-0.2, -0.15) is 0 Å². The fourth-order valence-electron chi connectivity index (χ4n) is 10.7. The van der Waals surface area contributed by atoms with E-state index in [4.69, 9.17) is 8.83 Å². The lowest BCUT2D eigenvalue weighted by Crippen LogP contribution is -2.16. The van der Waals surface area contributed by atoms with Gasteiger partial charge in [0.15, 0.2) is 11.2 Å². The third-order valence-corrected chi connectivity index (χ3v) is 13.9. The van der Waals surface area contributed by atoms with Gasteiger partial charge in [-0.05, 0) is 82.3 Å². The summed E-state index contributed by atoms with van der Waals surface area (Å²) in [7, 11) is 0. The molecule has 10 aromatic carbocycles. The van der Waals surface area contributed by atoms with E-state index in [0.717, 1.165) is 99.9 Å². The summed E-state index contributed by atoms with van der Waals surface area (Å²) in [6.45, 7) is 18.0.